The molecule has 0 aromatic heterocycles. The molecule has 0 radical (unpaired) electrons. The molecule has 8 heteroatoms. The van der Waals surface area contributed by atoms with Crippen molar-refractivity contribution in [3.63, 3.8) is 0 Å². The van der Waals surface area contributed by atoms with E-state index in [2.05, 4.69) is 161 Å². The van der Waals surface area contributed by atoms with E-state index in [0.29, 0.717) is 23.7 Å². The molecule has 0 aliphatic heterocycles. The summed E-state index contributed by atoms with van der Waals surface area (Å²) >= 11 is -3.77. The van der Waals surface area contributed by atoms with E-state index in [0.717, 1.165) is 0 Å². The van der Waals surface area contributed by atoms with Crippen molar-refractivity contribution in [2.75, 3.05) is 6.61 Å². The second-order valence-corrected chi connectivity index (χ2v) is 65.6. The van der Waals surface area contributed by atoms with Crippen molar-refractivity contribution in [1.82, 2.24) is 0 Å². The van der Waals surface area contributed by atoms with Gasteiger partial charge in [-0.25, -0.2) is 0 Å². The summed E-state index contributed by atoms with van der Waals surface area (Å²) in [5, 5.41) is 0. The molecule has 0 saturated heterocycles. The summed E-state index contributed by atoms with van der Waals surface area (Å²) < 4.78 is 11.9. The maximum absolute atomic E-state index is 4.19. The summed E-state index contributed by atoms with van der Waals surface area (Å²) in [5.41, 5.74) is 9.02. The van der Waals surface area contributed by atoms with Crippen LogP contribution < -0.4 is 31.4 Å². The van der Waals surface area contributed by atoms with E-state index >= 15 is 0 Å². The van der Waals surface area contributed by atoms with Crippen molar-refractivity contribution in [2.24, 2.45) is 0 Å². The number of hydrogen-bond donors (Lipinski definition) is 2. The van der Waals surface area contributed by atoms with Crippen molar-refractivity contribution in [1.29, 1.82) is 0 Å². The molecule has 252 valence electrons. The predicted octanol–water partition coefficient (Wildman–Crippen LogP) is 5.42. The van der Waals surface area contributed by atoms with Crippen LogP contribution in [-0.4, -0.2) is 12.0 Å². The first-order chi connectivity index (χ1) is 20.8. The zero-order valence-corrected chi connectivity index (χ0v) is 41.6. The number of allylic oxidation sites excluding steroid dienone is 8. The largest absolute Gasteiger partial charge is 1.00 e. The molecule has 0 fully saturated rings. The molecule has 0 heterocycles. The minimum absolute atomic E-state index is 0. The van der Waals surface area contributed by atoms with E-state index in [1.807, 2.05) is 0 Å². The molecule has 0 bridgehead atoms. The second kappa shape index (κ2) is 21.1. The Morgan fingerprint density at radius 1 is 0.522 bits per heavy atom. The maximum atomic E-state index is 4.19. The quantitative estimate of drug-likeness (QED) is 0.278. The Morgan fingerprint density at radius 2 is 0.804 bits per heavy atom. The van der Waals surface area contributed by atoms with Crippen LogP contribution in [-0.2, 0) is 41.8 Å². The molecule has 2 nitrogen and oxygen atoms in total. The van der Waals surface area contributed by atoms with E-state index in [9.17, 15) is 0 Å². The number of nitrogens with one attached hydrogen (secondary N) is 2. The number of benzene rings is 2. The van der Waals surface area contributed by atoms with Gasteiger partial charge in [-0.2, -0.15) is 0 Å². The van der Waals surface area contributed by atoms with Gasteiger partial charge in [-0.3, -0.25) is 0 Å². The Balaban J connectivity index is 0.000000441. The van der Waals surface area contributed by atoms with E-state index in [-0.39, 0.29) is 24.8 Å². The van der Waals surface area contributed by atoms with Gasteiger partial charge in [0.15, 0.2) is 0 Å². The standard InChI is InChI=1S/2C12H18N.2C5H5.2C2H7Si.2ClH.2Hf/c2*1-8(2)10-6-5-7-11(9(3)4)12(10)13;2*1-2-4-5-3-1;2*1-3-2;;;;/h2*5-9,13H,1-4H3;2*1-3H,4H2;2*3H,1-2H3;2*1H;;/q2*-1;;;;;;;2*+2/p-2. The average molecular weight is 1030 g/mol. The molecule has 0 spiro atoms. The minimum Gasteiger partial charge on any atom is -1.00 e. The third-order valence-corrected chi connectivity index (χ3v) is 55.7. The van der Waals surface area contributed by atoms with Gasteiger partial charge in [0.2, 0.25) is 0 Å². The molecular formula is C38H60Cl2Hf2N2Si2. The van der Waals surface area contributed by atoms with E-state index in [1.54, 1.807) is 6.66 Å². The molecule has 0 amide bonds. The first kappa shape index (κ1) is 43.8. The van der Waals surface area contributed by atoms with Gasteiger partial charge >= 0.3 is 292 Å². The third kappa shape index (κ3) is 12.0. The third-order valence-electron chi connectivity index (χ3n) is 8.65. The zero-order chi connectivity index (χ0) is 32.6. The molecule has 2 aliphatic carbocycles. The zero-order valence-electron chi connectivity index (χ0n) is 30.6. The molecule has 4 rings (SSSR count). The van der Waals surface area contributed by atoms with Crippen LogP contribution in [0.5, 0.6) is 0 Å². The number of rotatable bonds is 12. The van der Waals surface area contributed by atoms with Crippen LogP contribution in [0.15, 0.2) is 79.5 Å². The molecule has 2 aromatic carbocycles. The number of para-hydroxylation sites is 2. The Hall–Kier alpha value is -0.246. The monoisotopic (exact) mass is 1030 g/mol. The topological polar surface area (TPSA) is 24.1 Å². The molecule has 2 aromatic rings. The van der Waals surface area contributed by atoms with Gasteiger partial charge in [0.25, 0.3) is 0 Å². The molecule has 0 saturated carbocycles. The van der Waals surface area contributed by atoms with Crippen LogP contribution in [0.25, 0.3) is 0 Å². The van der Waals surface area contributed by atoms with Gasteiger partial charge in [-0.05, 0) is 0 Å². The summed E-state index contributed by atoms with van der Waals surface area (Å²) in [5.74, 6) is 1.09. The molecule has 46 heavy (non-hydrogen) atoms. The summed E-state index contributed by atoms with van der Waals surface area (Å²) in [6.07, 6.45) is 16.4. The molecular weight excluding hydrogens is 968 g/mol. The van der Waals surface area contributed by atoms with Crippen molar-refractivity contribution in [2.45, 2.75) is 118 Å². The maximum Gasteiger partial charge on any atom is -1.00 e. The van der Waals surface area contributed by atoms with E-state index < -0.39 is 53.8 Å². The fourth-order valence-electron chi connectivity index (χ4n) is 6.14. The normalized spacial score (nSPS) is 13.5. The van der Waals surface area contributed by atoms with Gasteiger partial charge in [0, 0.05) is 0 Å². The van der Waals surface area contributed by atoms with Crippen molar-refractivity contribution >= 4 is 23.3 Å². The summed E-state index contributed by atoms with van der Waals surface area (Å²) in [6, 6.07) is 13.8. The minimum atomic E-state index is -1.88. The van der Waals surface area contributed by atoms with Crippen molar-refractivity contribution in [3.8, 4) is 0 Å². The van der Waals surface area contributed by atoms with Crippen LogP contribution in [0, 0.1) is 0 Å². The molecule has 0 unspecified atom stereocenters. The molecule has 0 atom stereocenters. The SMILES string of the molecule is CC(C)c1cccc(C(C)C)c1[NH][Hf+]([C]1=CC=CC1)[SiH](C)C.CC(C)c1cccc(C(C)C)c1[NH][Hf+]([C]1=CC=CC1)[SiH](C)C.[Cl-].[Cl-]. The molecule has 2 N–H and O–H groups in total. The van der Waals surface area contributed by atoms with Crippen molar-refractivity contribution in [3.05, 3.63) is 102 Å². The Bertz CT molecular complexity index is 1210. The van der Waals surface area contributed by atoms with Crippen LogP contribution in [0.4, 0.5) is 11.4 Å². The fraction of sp³-hybridized carbons (Fsp3) is 0.474. The summed E-state index contributed by atoms with van der Waals surface area (Å²) in [6.45, 7) is 28.7. The Morgan fingerprint density at radius 3 is 1.00 bits per heavy atom. The summed E-state index contributed by atoms with van der Waals surface area (Å²) in [4.78, 5) is 0. The number of anilines is 2. The molecule has 2 aliphatic rings. The second-order valence-electron chi connectivity index (χ2n) is 14.3. The van der Waals surface area contributed by atoms with Gasteiger partial charge in [0.05, 0.1) is 0 Å². The van der Waals surface area contributed by atoms with Gasteiger partial charge in [-0.15, -0.1) is 0 Å². The number of hydrogen-bond acceptors (Lipinski definition) is 2. The van der Waals surface area contributed by atoms with Crippen LogP contribution in [0.2, 0.25) is 26.2 Å². The smallest absolute Gasteiger partial charge is 1.00 e. The van der Waals surface area contributed by atoms with Crippen LogP contribution in [0.1, 0.15) is 114 Å². The predicted molar refractivity (Wildman–Crippen MR) is 198 cm³/mol. The van der Waals surface area contributed by atoms with Crippen LogP contribution >= 0.6 is 0 Å². The van der Waals surface area contributed by atoms with Gasteiger partial charge < -0.3 is 24.8 Å². The first-order valence-corrected chi connectivity index (χ1v) is 42.5. The van der Waals surface area contributed by atoms with E-state index in [4.69, 9.17) is 0 Å². The van der Waals surface area contributed by atoms with Crippen molar-refractivity contribution < 1.29 is 66.6 Å². The fourth-order valence-corrected chi connectivity index (χ4v) is 45.9. The van der Waals surface area contributed by atoms with Gasteiger partial charge in [0.1, 0.15) is 0 Å². The Labute approximate surface area is 313 Å². The van der Waals surface area contributed by atoms with Gasteiger partial charge in [-0.1, -0.05) is 0 Å². The summed E-state index contributed by atoms with van der Waals surface area (Å²) in [7, 11) is 0. The van der Waals surface area contributed by atoms with E-state index in [1.165, 1.54) is 46.5 Å². The average Bonchev–Trinajstić information content (AvgIpc) is 3.69. The Kier molecular flexibility index (Phi) is 20.1. The van der Waals surface area contributed by atoms with Crippen LogP contribution in [0.3, 0.4) is 0 Å². The number of halogens is 2. The first-order valence-electron chi connectivity index (χ1n) is 17.1.